The van der Waals surface area contributed by atoms with E-state index in [-0.39, 0.29) is 6.04 Å². The lowest BCUT2D eigenvalue weighted by molar-refractivity contribution is 0.195. The summed E-state index contributed by atoms with van der Waals surface area (Å²) in [5.74, 6) is -0.562. The summed E-state index contributed by atoms with van der Waals surface area (Å²) in [4.78, 5) is 6.51. The van der Waals surface area contributed by atoms with Crippen molar-refractivity contribution in [3.05, 3.63) is 53.6 Å². The molecule has 1 aromatic carbocycles. The summed E-state index contributed by atoms with van der Waals surface area (Å²) in [7, 11) is 1.76. The number of hydrogen-bond donors (Lipinski definition) is 1. The second-order valence-electron chi connectivity index (χ2n) is 5.26. The molecule has 0 saturated heterocycles. The summed E-state index contributed by atoms with van der Waals surface area (Å²) < 4.78 is 29.4. The van der Waals surface area contributed by atoms with Crippen molar-refractivity contribution in [1.82, 2.24) is 19.8 Å². The first-order valence-corrected chi connectivity index (χ1v) is 7.02. The summed E-state index contributed by atoms with van der Waals surface area (Å²) in [5.41, 5.74) is 0.367. The van der Waals surface area contributed by atoms with Gasteiger partial charge in [-0.2, -0.15) is 0 Å². The van der Waals surface area contributed by atoms with Gasteiger partial charge < -0.3 is 9.88 Å². The fourth-order valence-corrected chi connectivity index (χ4v) is 2.77. The van der Waals surface area contributed by atoms with Crippen molar-refractivity contribution < 1.29 is 8.78 Å². The Kier molecular flexibility index (Phi) is 3.98. The van der Waals surface area contributed by atoms with E-state index in [4.69, 9.17) is 0 Å². The van der Waals surface area contributed by atoms with E-state index in [2.05, 4.69) is 19.8 Å². The second kappa shape index (κ2) is 5.91. The first-order chi connectivity index (χ1) is 10.2. The molecule has 1 atom stereocenters. The Hall–Kier alpha value is -1.79. The van der Waals surface area contributed by atoms with Gasteiger partial charge in [0, 0.05) is 43.6 Å². The van der Waals surface area contributed by atoms with Crippen molar-refractivity contribution in [1.29, 1.82) is 0 Å². The van der Waals surface area contributed by atoms with Gasteiger partial charge in [0.05, 0.1) is 6.54 Å². The monoisotopic (exact) mass is 292 g/mol. The molecule has 0 saturated carbocycles. The lowest BCUT2D eigenvalue weighted by Crippen LogP contribution is -2.39. The normalized spacial score (nSPS) is 16.7. The van der Waals surface area contributed by atoms with Crippen LogP contribution in [-0.2, 0) is 13.1 Å². The van der Waals surface area contributed by atoms with Crippen LogP contribution in [0.2, 0.25) is 0 Å². The number of nitrogens with zero attached hydrogens (tertiary/aromatic N) is 3. The van der Waals surface area contributed by atoms with Gasteiger partial charge in [0.1, 0.15) is 5.82 Å². The molecule has 0 amide bonds. The molecule has 1 unspecified atom stereocenters. The van der Waals surface area contributed by atoms with Crippen molar-refractivity contribution >= 4 is 0 Å². The average molecular weight is 292 g/mol. The predicted octanol–water partition coefficient (Wildman–Crippen LogP) is 1.94. The zero-order valence-corrected chi connectivity index (χ0v) is 11.9. The van der Waals surface area contributed by atoms with Gasteiger partial charge in [0.15, 0.2) is 11.6 Å². The maximum Gasteiger partial charge on any atom is 0.163 e. The fraction of sp³-hybridized carbons (Fsp3) is 0.400. The first kappa shape index (κ1) is 14.2. The molecule has 112 valence electrons. The van der Waals surface area contributed by atoms with Gasteiger partial charge >= 0.3 is 0 Å². The molecule has 4 nitrogen and oxygen atoms in total. The molecule has 0 radical (unpaired) electrons. The van der Waals surface area contributed by atoms with Crippen molar-refractivity contribution in [2.45, 2.75) is 19.1 Å². The summed E-state index contributed by atoms with van der Waals surface area (Å²) in [6, 6.07) is 4.07. The molecule has 0 bridgehead atoms. The number of imidazole rings is 1. The van der Waals surface area contributed by atoms with Crippen LogP contribution in [0.5, 0.6) is 0 Å². The van der Waals surface area contributed by atoms with Crippen LogP contribution in [0.4, 0.5) is 8.78 Å². The van der Waals surface area contributed by atoms with E-state index in [0.29, 0.717) is 12.1 Å². The Labute approximate surface area is 122 Å². The van der Waals surface area contributed by atoms with Crippen LogP contribution in [0, 0.1) is 11.6 Å². The van der Waals surface area contributed by atoms with Gasteiger partial charge in [0.25, 0.3) is 0 Å². The van der Waals surface area contributed by atoms with E-state index < -0.39 is 11.6 Å². The maximum absolute atomic E-state index is 13.9. The van der Waals surface area contributed by atoms with Crippen LogP contribution in [0.3, 0.4) is 0 Å². The van der Waals surface area contributed by atoms with Crippen molar-refractivity contribution in [3.63, 3.8) is 0 Å². The van der Waals surface area contributed by atoms with Crippen LogP contribution < -0.4 is 5.32 Å². The van der Waals surface area contributed by atoms with Crippen LogP contribution in [-0.4, -0.2) is 34.6 Å². The Morgan fingerprint density at radius 2 is 2.19 bits per heavy atom. The highest BCUT2D eigenvalue weighted by atomic mass is 19.2. The highest BCUT2D eigenvalue weighted by Crippen LogP contribution is 2.21. The number of halogens is 2. The minimum absolute atomic E-state index is 0.248. The van der Waals surface area contributed by atoms with Gasteiger partial charge in [-0.1, -0.05) is 12.1 Å². The van der Waals surface area contributed by atoms with Crippen LogP contribution in [0.15, 0.2) is 30.6 Å². The van der Waals surface area contributed by atoms with Crippen LogP contribution in [0.1, 0.15) is 17.4 Å². The number of likely N-dealkylation sites (N-methyl/N-ethyl adjacent to an activating group) is 1. The number of benzene rings is 1. The first-order valence-electron chi connectivity index (χ1n) is 7.02. The Bertz CT molecular complexity index is 626. The van der Waals surface area contributed by atoms with E-state index >= 15 is 0 Å². The number of aromatic nitrogens is 2. The molecular formula is C15H18F2N4. The predicted molar refractivity (Wildman–Crippen MR) is 75.7 cm³/mol. The number of nitrogens with one attached hydrogen (secondary N) is 1. The highest BCUT2D eigenvalue weighted by molar-refractivity contribution is 5.23. The third-order valence-electron chi connectivity index (χ3n) is 3.97. The minimum Gasteiger partial charge on any atom is -0.333 e. The lowest BCUT2D eigenvalue weighted by atomic mass is 10.1. The zero-order chi connectivity index (χ0) is 14.8. The van der Waals surface area contributed by atoms with E-state index in [1.54, 1.807) is 25.4 Å². The third-order valence-corrected chi connectivity index (χ3v) is 3.97. The van der Waals surface area contributed by atoms with Crippen LogP contribution >= 0.6 is 0 Å². The molecule has 0 spiro atoms. The molecule has 0 aliphatic carbocycles. The SMILES string of the molecule is CNC(CN1CCn2ccnc2C1)c1cccc(F)c1F. The van der Waals surface area contributed by atoms with Crippen LogP contribution in [0.25, 0.3) is 0 Å². The largest absolute Gasteiger partial charge is 0.333 e. The van der Waals surface area contributed by atoms with E-state index in [0.717, 1.165) is 31.5 Å². The Morgan fingerprint density at radius 1 is 1.33 bits per heavy atom. The smallest absolute Gasteiger partial charge is 0.163 e. The standard InChI is InChI=1S/C15H18F2N4/c1-18-13(11-3-2-4-12(16)15(11)17)9-20-7-8-21-6-5-19-14(21)10-20/h2-6,13,18H,7-10H2,1H3. The molecule has 0 fully saturated rings. The quantitative estimate of drug-likeness (QED) is 0.935. The van der Waals surface area contributed by atoms with Crippen molar-refractivity contribution in [2.24, 2.45) is 0 Å². The zero-order valence-electron chi connectivity index (χ0n) is 11.9. The molecule has 1 aromatic heterocycles. The summed E-state index contributed by atoms with van der Waals surface area (Å²) in [6.45, 7) is 3.09. The van der Waals surface area contributed by atoms with Gasteiger partial charge in [-0.25, -0.2) is 13.8 Å². The summed E-state index contributed by atoms with van der Waals surface area (Å²) in [6.07, 6.45) is 3.76. The molecule has 3 rings (SSSR count). The molecule has 21 heavy (non-hydrogen) atoms. The molecular weight excluding hydrogens is 274 g/mol. The average Bonchev–Trinajstić information content (AvgIpc) is 2.95. The molecule has 1 N–H and O–H groups in total. The number of fused-ring (bicyclic) bond motifs is 1. The Balaban J connectivity index is 1.75. The number of rotatable bonds is 4. The lowest BCUT2D eigenvalue weighted by Gasteiger charge is -2.31. The van der Waals surface area contributed by atoms with Gasteiger partial charge in [0.2, 0.25) is 0 Å². The topological polar surface area (TPSA) is 33.1 Å². The van der Waals surface area contributed by atoms with Gasteiger partial charge in [-0.15, -0.1) is 0 Å². The second-order valence-corrected chi connectivity index (χ2v) is 5.26. The maximum atomic E-state index is 13.9. The Morgan fingerprint density at radius 3 is 3.00 bits per heavy atom. The van der Waals surface area contributed by atoms with E-state index in [1.165, 1.54) is 0 Å². The van der Waals surface area contributed by atoms with Gasteiger partial charge in [-0.3, -0.25) is 4.90 Å². The molecule has 6 heteroatoms. The van der Waals surface area contributed by atoms with E-state index in [9.17, 15) is 8.78 Å². The molecule has 2 aromatic rings. The minimum atomic E-state index is -0.804. The van der Waals surface area contributed by atoms with Crippen molar-refractivity contribution in [3.8, 4) is 0 Å². The number of hydrogen-bond acceptors (Lipinski definition) is 3. The molecule has 1 aliphatic heterocycles. The fourth-order valence-electron chi connectivity index (χ4n) is 2.77. The molecule has 1 aliphatic rings. The summed E-state index contributed by atoms with van der Waals surface area (Å²) in [5, 5.41) is 3.08. The van der Waals surface area contributed by atoms with Gasteiger partial charge in [-0.05, 0) is 13.1 Å². The molecule has 2 heterocycles. The van der Waals surface area contributed by atoms with Crippen molar-refractivity contribution in [2.75, 3.05) is 20.1 Å². The third kappa shape index (κ3) is 2.82. The van der Waals surface area contributed by atoms with E-state index in [1.807, 2.05) is 6.20 Å². The summed E-state index contributed by atoms with van der Waals surface area (Å²) >= 11 is 0. The highest BCUT2D eigenvalue weighted by Gasteiger charge is 2.23.